The molecule has 3 N–H and O–H groups in total. The second-order valence-electron chi connectivity index (χ2n) is 8.69. The Hall–Kier alpha value is -0.865. The lowest BCUT2D eigenvalue weighted by atomic mass is 9.75. The van der Waals surface area contributed by atoms with E-state index in [-0.39, 0.29) is 36.6 Å². The molecule has 0 aromatic rings. The lowest BCUT2D eigenvalue weighted by Crippen LogP contribution is -2.54. The Morgan fingerprint density at radius 1 is 1.14 bits per heavy atom. The van der Waals surface area contributed by atoms with Gasteiger partial charge in [0.1, 0.15) is 0 Å². The Bertz CT molecular complexity index is 542. The number of carbonyl (C=O) groups is 2. The van der Waals surface area contributed by atoms with Crippen molar-refractivity contribution in [1.29, 1.82) is 0 Å². The number of nitrogens with zero attached hydrogens (tertiary/aromatic N) is 1. The van der Waals surface area contributed by atoms with Gasteiger partial charge in [0.25, 0.3) is 0 Å². The number of ether oxygens (including phenoxy) is 1. The van der Waals surface area contributed by atoms with Gasteiger partial charge in [-0.1, -0.05) is 19.8 Å². The third-order valence-electron chi connectivity index (χ3n) is 5.89. The summed E-state index contributed by atoms with van der Waals surface area (Å²) in [6.45, 7) is 12.2. The highest BCUT2D eigenvalue weighted by molar-refractivity contribution is 6.48. The van der Waals surface area contributed by atoms with Crippen LogP contribution in [0.25, 0.3) is 0 Å². The largest absolute Gasteiger partial charge is 0.481 e. The maximum absolute atomic E-state index is 12.7. The Morgan fingerprint density at radius 3 is 2.21 bits per heavy atom. The summed E-state index contributed by atoms with van der Waals surface area (Å²) in [5, 5.41) is 2.97. The van der Waals surface area contributed by atoms with Crippen molar-refractivity contribution in [3.8, 4) is 0 Å². The van der Waals surface area contributed by atoms with Crippen LogP contribution in [0.2, 0.25) is 0 Å². The Morgan fingerprint density at radius 2 is 1.69 bits per heavy atom. The summed E-state index contributed by atoms with van der Waals surface area (Å²) in [6.07, 6.45) is 2.63. The minimum Gasteiger partial charge on any atom is -0.402 e. The zero-order valence-electron chi connectivity index (χ0n) is 18.4. The van der Waals surface area contributed by atoms with E-state index in [4.69, 9.17) is 19.8 Å². The number of hydrogen-bond donors (Lipinski definition) is 2. The Kier molecular flexibility index (Phi) is 9.88. The van der Waals surface area contributed by atoms with Crippen LogP contribution in [-0.4, -0.2) is 73.3 Å². The monoisotopic (exact) mass is 433 g/mol. The van der Waals surface area contributed by atoms with Crippen molar-refractivity contribution in [3.63, 3.8) is 0 Å². The van der Waals surface area contributed by atoms with Crippen molar-refractivity contribution in [1.82, 2.24) is 10.2 Å². The summed E-state index contributed by atoms with van der Waals surface area (Å²) in [6, 6.07) is -0.901. The molecule has 2 aliphatic heterocycles. The first-order valence-electron chi connectivity index (χ1n) is 10.3. The van der Waals surface area contributed by atoms with Crippen LogP contribution in [0.4, 0.5) is 0 Å². The summed E-state index contributed by atoms with van der Waals surface area (Å²) in [5.41, 5.74) is 5.09. The van der Waals surface area contributed by atoms with E-state index in [2.05, 4.69) is 12.2 Å². The van der Waals surface area contributed by atoms with Crippen LogP contribution >= 0.6 is 12.4 Å². The first-order chi connectivity index (χ1) is 13.1. The van der Waals surface area contributed by atoms with Crippen LogP contribution in [0.5, 0.6) is 0 Å². The average Bonchev–Trinajstić information content (AvgIpc) is 2.86. The first kappa shape index (κ1) is 26.2. The van der Waals surface area contributed by atoms with Gasteiger partial charge < -0.3 is 30.0 Å². The number of rotatable bonds is 8. The summed E-state index contributed by atoms with van der Waals surface area (Å²) >= 11 is 0. The molecule has 2 atom stereocenters. The van der Waals surface area contributed by atoms with Gasteiger partial charge in [0.15, 0.2) is 0 Å². The molecule has 0 spiro atoms. The number of morpholine rings is 1. The molecule has 0 aromatic heterocycles. The highest BCUT2D eigenvalue weighted by atomic mass is 35.5. The van der Waals surface area contributed by atoms with E-state index in [1.807, 2.05) is 27.7 Å². The number of halogens is 1. The molecule has 8 nitrogen and oxygen atoms in total. The normalized spacial score (nSPS) is 22.6. The molecule has 0 aromatic carbocycles. The third-order valence-corrected chi connectivity index (χ3v) is 5.89. The van der Waals surface area contributed by atoms with Gasteiger partial charge in [0.2, 0.25) is 11.8 Å². The van der Waals surface area contributed by atoms with E-state index in [9.17, 15) is 9.59 Å². The lowest BCUT2D eigenvalue weighted by Gasteiger charge is -2.32. The van der Waals surface area contributed by atoms with E-state index in [0.717, 1.165) is 19.3 Å². The van der Waals surface area contributed by atoms with Crippen molar-refractivity contribution in [2.24, 2.45) is 5.73 Å². The molecule has 10 heteroatoms. The molecule has 2 heterocycles. The van der Waals surface area contributed by atoms with Crippen LogP contribution in [0.1, 0.15) is 60.3 Å². The van der Waals surface area contributed by atoms with E-state index >= 15 is 0 Å². The molecule has 0 saturated carbocycles. The van der Waals surface area contributed by atoms with Crippen LogP contribution in [-0.2, 0) is 23.6 Å². The predicted molar refractivity (Wildman–Crippen MR) is 115 cm³/mol. The number of amides is 2. The quantitative estimate of drug-likeness (QED) is 0.559. The summed E-state index contributed by atoms with van der Waals surface area (Å²) in [5.74, 6) is -0.776. The summed E-state index contributed by atoms with van der Waals surface area (Å²) < 4.78 is 17.5. The molecule has 2 fully saturated rings. The molecule has 2 unspecified atom stereocenters. The molecule has 0 bridgehead atoms. The fourth-order valence-electron chi connectivity index (χ4n) is 3.27. The molecule has 0 radical (unpaired) electrons. The minimum absolute atomic E-state index is 0. The van der Waals surface area contributed by atoms with Crippen LogP contribution in [0, 0.1) is 0 Å². The summed E-state index contributed by atoms with van der Waals surface area (Å²) in [7, 11) is -0.539. The third kappa shape index (κ3) is 6.82. The lowest BCUT2D eigenvalue weighted by molar-refractivity contribution is -0.137. The van der Waals surface area contributed by atoms with Crippen molar-refractivity contribution in [3.05, 3.63) is 0 Å². The van der Waals surface area contributed by atoms with Crippen molar-refractivity contribution < 1.29 is 23.6 Å². The number of unbranched alkanes of at least 4 members (excludes halogenated alkanes) is 1. The number of nitrogens with two attached hydrogens (primary N) is 1. The molecular formula is C19H37BClN3O5. The first-order valence-corrected chi connectivity index (χ1v) is 10.3. The number of carbonyl (C=O) groups excluding carboxylic acids is 2. The van der Waals surface area contributed by atoms with E-state index < -0.39 is 24.4 Å². The van der Waals surface area contributed by atoms with Gasteiger partial charge in [0, 0.05) is 13.1 Å². The minimum atomic E-state index is -0.901. The van der Waals surface area contributed by atoms with Gasteiger partial charge in [0.05, 0.1) is 42.8 Å². The van der Waals surface area contributed by atoms with Gasteiger partial charge in [-0.3, -0.25) is 9.59 Å². The predicted octanol–water partition coefficient (Wildman–Crippen LogP) is 1.29. The topological polar surface area (TPSA) is 103 Å². The zero-order valence-corrected chi connectivity index (χ0v) is 19.2. The highest BCUT2D eigenvalue weighted by Crippen LogP contribution is 2.38. The summed E-state index contributed by atoms with van der Waals surface area (Å²) in [4.78, 5) is 26.7. The van der Waals surface area contributed by atoms with Gasteiger partial charge >= 0.3 is 7.12 Å². The maximum atomic E-state index is 12.7. The molecule has 2 amide bonds. The number of hydrogen-bond acceptors (Lipinski definition) is 6. The molecule has 2 rings (SSSR count). The van der Waals surface area contributed by atoms with Crippen LogP contribution < -0.4 is 11.1 Å². The van der Waals surface area contributed by atoms with Gasteiger partial charge in [-0.2, -0.15) is 0 Å². The SMILES string of the molecule is CCCCC(NC(=O)C(N)CC(=O)N1CCOCC1)B1OC(C)(C)C(C)(C)O1.Cl. The zero-order chi connectivity index (χ0) is 20.9. The van der Waals surface area contributed by atoms with Crippen LogP contribution in [0.3, 0.4) is 0 Å². The van der Waals surface area contributed by atoms with Crippen molar-refractivity contribution in [2.75, 3.05) is 26.3 Å². The van der Waals surface area contributed by atoms with Gasteiger partial charge in [-0.05, 0) is 34.1 Å². The fourth-order valence-corrected chi connectivity index (χ4v) is 3.27. The fraction of sp³-hybridized carbons (Fsp3) is 0.895. The van der Waals surface area contributed by atoms with Crippen molar-refractivity contribution >= 4 is 31.3 Å². The molecule has 2 aliphatic rings. The Labute approximate surface area is 181 Å². The average molecular weight is 434 g/mol. The van der Waals surface area contributed by atoms with Crippen molar-refractivity contribution in [2.45, 2.75) is 83.5 Å². The molecule has 29 heavy (non-hydrogen) atoms. The second-order valence-corrected chi connectivity index (χ2v) is 8.69. The maximum Gasteiger partial charge on any atom is 0.481 e. The van der Waals surface area contributed by atoms with E-state index in [1.54, 1.807) is 4.90 Å². The molecule has 2 saturated heterocycles. The highest BCUT2D eigenvalue weighted by Gasteiger charge is 2.54. The van der Waals surface area contributed by atoms with E-state index in [0.29, 0.717) is 26.3 Å². The molecule has 168 valence electrons. The molecule has 0 aliphatic carbocycles. The molecular weight excluding hydrogens is 396 g/mol. The second kappa shape index (κ2) is 11.0. The number of nitrogens with one attached hydrogen (secondary N) is 1. The van der Waals surface area contributed by atoms with Crippen LogP contribution in [0.15, 0.2) is 0 Å². The van der Waals surface area contributed by atoms with Gasteiger partial charge in [-0.25, -0.2) is 0 Å². The smallest absolute Gasteiger partial charge is 0.402 e. The van der Waals surface area contributed by atoms with Gasteiger partial charge in [-0.15, -0.1) is 12.4 Å². The Balaban J connectivity index is 0.00000420. The standard InChI is InChI=1S/C19H36BN3O5.ClH/c1-6-7-8-15(20-27-18(2,3)19(4,5)28-20)22-17(25)14(21)13-16(24)23-9-11-26-12-10-23;/h14-15H,6-13,21H2,1-5H3,(H,22,25);1H. The van der Waals surface area contributed by atoms with E-state index in [1.165, 1.54) is 0 Å².